The maximum Gasteiger partial charge on any atom is 0.207 e. The molecule has 0 spiro atoms. The van der Waals surface area contributed by atoms with Crippen molar-refractivity contribution in [2.45, 2.75) is 71.3 Å². The molecule has 0 radical (unpaired) electrons. The van der Waals surface area contributed by atoms with E-state index in [0.29, 0.717) is 24.2 Å². The Morgan fingerprint density at radius 2 is 1.76 bits per heavy atom. The summed E-state index contributed by atoms with van der Waals surface area (Å²) in [4.78, 5) is 23.7. The molecule has 2 N–H and O–H groups in total. The zero-order valence-electron chi connectivity index (χ0n) is 15.5. The highest BCUT2D eigenvalue weighted by atomic mass is 16.3. The SMILES string of the molecule is C[C@]12CC(C=O)C(=O)C(O)=C1CC[C@@H]1[C@@H]2CC[C@@]2(C)[C@H]1CC[C@]2(C)O. The third-order valence-corrected chi connectivity index (χ3v) is 8.90. The zero-order chi connectivity index (χ0) is 18.2. The maximum absolute atomic E-state index is 12.3. The molecule has 4 heteroatoms. The van der Waals surface area contributed by atoms with Crippen molar-refractivity contribution in [2.75, 3.05) is 0 Å². The number of aliphatic hydroxyl groups excluding tert-OH is 1. The summed E-state index contributed by atoms with van der Waals surface area (Å²) in [6.07, 6.45) is 6.88. The second-order valence-corrected chi connectivity index (χ2v) is 9.74. The normalized spacial score (nSPS) is 52.4. The fourth-order valence-corrected chi connectivity index (χ4v) is 7.19. The lowest BCUT2D eigenvalue weighted by molar-refractivity contribution is -0.136. The molecule has 0 aliphatic heterocycles. The van der Waals surface area contributed by atoms with Crippen LogP contribution in [-0.2, 0) is 9.59 Å². The molecule has 0 aromatic heterocycles. The van der Waals surface area contributed by atoms with Crippen molar-refractivity contribution in [2.24, 2.45) is 34.5 Å². The third-order valence-electron chi connectivity index (χ3n) is 8.90. The van der Waals surface area contributed by atoms with Gasteiger partial charge in [-0.05, 0) is 86.0 Å². The minimum Gasteiger partial charge on any atom is -0.504 e. The summed E-state index contributed by atoms with van der Waals surface area (Å²) in [5.41, 5.74) is -0.00881. The number of rotatable bonds is 1. The molecule has 4 nitrogen and oxygen atoms in total. The van der Waals surface area contributed by atoms with Gasteiger partial charge in [-0.25, -0.2) is 0 Å². The van der Waals surface area contributed by atoms with Crippen LogP contribution in [0.4, 0.5) is 0 Å². The Morgan fingerprint density at radius 3 is 2.44 bits per heavy atom. The van der Waals surface area contributed by atoms with Gasteiger partial charge in [0.2, 0.25) is 5.78 Å². The zero-order valence-corrected chi connectivity index (χ0v) is 15.5. The number of aldehydes is 1. The van der Waals surface area contributed by atoms with Crippen LogP contribution in [0.3, 0.4) is 0 Å². The van der Waals surface area contributed by atoms with Crippen LogP contribution in [0, 0.1) is 34.5 Å². The minimum atomic E-state index is -0.701. The first-order valence-corrected chi connectivity index (χ1v) is 9.80. The number of ketones is 1. The first-order valence-electron chi connectivity index (χ1n) is 9.80. The van der Waals surface area contributed by atoms with Crippen LogP contribution < -0.4 is 0 Å². The molecule has 7 atom stereocenters. The highest BCUT2D eigenvalue weighted by Crippen LogP contribution is 2.67. The molecule has 25 heavy (non-hydrogen) atoms. The van der Waals surface area contributed by atoms with Crippen LogP contribution in [0.15, 0.2) is 11.3 Å². The number of carbonyl (C=O) groups is 2. The van der Waals surface area contributed by atoms with Crippen LogP contribution in [0.1, 0.15) is 65.7 Å². The third kappa shape index (κ3) is 2.03. The van der Waals surface area contributed by atoms with Crippen molar-refractivity contribution >= 4 is 12.1 Å². The standard InChI is InChI=1S/C21H30O4/c1-19-10-12(11-22)17(23)18(24)16(19)5-4-13-14(19)6-8-20(2)15(13)7-9-21(20,3)25/h11-15,24-25H,4-10H2,1-3H3/t12?,13-,14+,15+,19-,20+,21+/m1/s1. The number of carbonyl (C=O) groups excluding carboxylic acids is 2. The van der Waals surface area contributed by atoms with E-state index in [2.05, 4.69) is 13.8 Å². The van der Waals surface area contributed by atoms with Gasteiger partial charge in [0.1, 0.15) is 6.29 Å². The fourth-order valence-electron chi connectivity index (χ4n) is 7.19. The summed E-state index contributed by atoms with van der Waals surface area (Å²) in [5.74, 6) is 0.179. The number of hydrogen-bond donors (Lipinski definition) is 2. The predicted octanol–water partition coefficient (Wildman–Crippen LogP) is 3.58. The van der Waals surface area contributed by atoms with E-state index in [4.69, 9.17) is 0 Å². The van der Waals surface area contributed by atoms with Gasteiger partial charge < -0.3 is 15.0 Å². The van der Waals surface area contributed by atoms with Crippen molar-refractivity contribution in [3.05, 3.63) is 11.3 Å². The molecule has 4 rings (SSSR count). The van der Waals surface area contributed by atoms with E-state index in [0.717, 1.165) is 50.4 Å². The Morgan fingerprint density at radius 1 is 1.08 bits per heavy atom. The Kier molecular flexibility index (Phi) is 3.58. The van der Waals surface area contributed by atoms with E-state index in [1.807, 2.05) is 6.92 Å². The largest absolute Gasteiger partial charge is 0.504 e. The van der Waals surface area contributed by atoms with Crippen molar-refractivity contribution < 1.29 is 19.8 Å². The van der Waals surface area contributed by atoms with E-state index < -0.39 is 11.5 Å². The molecule has 138 valence electrons. The molecular formula is C21H30O4. The number of Topliss-reactive ketones (excluding diaryl/α,β-unsaturated/α-hetero) is 1. The van der Waals surface area contributed by atoms with Gasteiger partial charge in [0, 0.05) is 0 Å². The smallest absolute Gasteiger partial charge is 0.207 e. The van der Waals surface area contributed by atoms with Gasteiger partial charge in [0.05, 0.1) is 11.5 Å². The summed E-state index contributed by atoms with van der Waals surface area (Å²) >= 11 is 0. The Bertz CT molecular complexity index is 663. The quantitative estimate of drug-likeness (QED) is 0.562. The highest BCUT2D eigenvalue weighted by molar-refractivity contribution is 6.04. The Hall–Kier alpha value is -1.16. The molecule has 4 aliphatic rings. The van der Waals surface area contributed by atoms with Crippen molar-refractivity contribution in [3.8, 4) is 0 Å². The van der Waals surface area contributed by atoms with Gasteiger partial charge in [0.15, 0.2) is 5.76 Å². The molecule has 0 amide bonds. The number of aliphatic hydroxyl groups is 2. The lowest BCUT2D eigenvalue weighted by atomic mass is 9.45. The molecule has 3 saturated carbocycles. The van der Waals surface area contributed by atoms with Gasteiger partial charge in [0.25, 0.3) is 0 Å². The topological polar surface area (TPSA) is 74.6 Å². The average Bonchev–Trinajstić information content (AvgIpc) is 2.81. The molecule has 0 bridgehead atoms. The van der Waals surface area contributed by atoms with Crippen molar-refractivity contribution in [1.82, 2.24) is 0 Å². The molecule has 0 heterocycles. The fraction of sp³-hybridized carbons (Fsp3) is 0.810. The Labute approximate surface area is 149 Å². The monoisotopic (exact) mass is 346 g/mol. The minimum absolute atomic E-state index is 0.0393. The molecule has 3 fully saturated rings. The van der Waals surface area contributed by atoms with Crippen LogP contribution in [0.25, 0.3) is 0 Å². The van der Waals surface area contributed by atoms with E-state index in [-0.39, 0.29) is 22.4 Å². The van der Waals surface area contributed by atoms with E-state index in [1.165, 1.54) is 0 Å². The summed E-state index contributed by atoms with van der Waals surface area (Å²) < 4.78 is 0. The molecule has 0 aromatic rings. The first-order chi connectivity index (χ1) is 11.7. The lowest BCUT2D eigenvalue weighted by Crippen LogP contribution is -2.55. The first kappa shape index (κ1) is 17.3. The summed E-state index contributed by atoms with van der Waals surface area (Å²) in [6, 6.07) is 0. The summed E-state index contributed by atoms with van der Waals surface area (Å²) in [6.45, 7) is 6.41. The van der Waals surface area contributed by atoms with Gasteiger partial charge in [-0.1, -0.05) is 13.8 Å². The van der Waals surface area contributed by atoms with E-state index >= 15 is 0 Å². The molecular weight excluding hydrogens is 316 g/mol. The lowest BCUT2D eigenvalue weighted by Gasteiger charge is -2.59. The molecule has 1 unspecified atom stereocenters. The predicted molar refractivity (Wildman–Crippen MR) is 93.8 cm³/mol. The molecule has 0 aromatic carbocycles. The van der Waals surface area contributed by atoms with Crippen molar-refractivity contribution in [1.29, 1.82) is 0 Å². The second kappa shape index (κ2) is 5.18. The number of fused-ring (bicyclic) bond motifs is 5. The van der Waals surface area contributed by atoms with Crippen LogP contribution in [0.5, 0.6) is 0 Å². The highest BCUT2D eigenvalue weighted by Gasteiger charge is 2.63. The number of allylic oxidation sites excluding steroid dienone is 1. The molecule has 4 aliphatic carbocycles. The van der Waals surface area contributed by atoms with E-state index in [1.54, 1.807) is 0 Å². The van der Waals surface area contributed by atoms with Gasteiger partial charge in [-0.2, -0.15) is 0 Å². The van der Waals surface area contributed by atoms with Gasteiger partial charge in [-0.3, -0.25) is 4.79 Å². The van der Waals surface area contributed by atoms with Crippen molar-refractivity contribution in [3.63, 3.8) is 0 Å². The van der Waals surface area contributed by atoms with Gasteiger partial charge in [-0.15, -0.1) is 0 Å². The van der Waals surface area contributed by atoms with E-state index in [9.17, 15) is 19.8 Å². The van der Waals surface area contributed by atoms with Gasteiger partial charge >= 0.3 is 0 Å². The van der Waals surface area contributed by atoms with Crippen LogP contribution in [0.2, 0.25) is 0 Å². The summed E-state index contributed by atoms with van der Waals surface area (Å²) in [7, 11) is 0. The number of hydrogen-bond acceptors (Lipinski definition) is 4. The second-order valence-electron chi connectivity index (χ2n) is 9.74. The molecule has 0 saturated heterocycles. The maximum atomic E-state index is 12.3. The Balaban J connectivity index is 1.74. The summed E-state index contributed by atoms with van der Waals surface area (Å²) in [5, 5.41) is 21.4. The average molecular weight is 346 g/mol. The van der Waals surface area contributed by atoms with Crippen LogP contribution in [-0.4, -0.2) is 27.9 Å². The van der Waals surface area contributed by atoms with Crippen LogP contribution >= 0.6 is 0 Å².